The summed E-state index contributed by atoms with van der Waals surface area (Å²) in [6.45, 7) is 0. The summed E-state index contributed by atoms with van der Waals surface area (Å²) in [5.74, 6) is 1.57. The van der Waals surface area contributed by atoms with E-state index in [1.54, 1.807) is 24.1 Å². The van der Waals surface area contributed by atoms with E-state index >= 15 is 0 Å². The summed E-state index contributed by atoms with van der Waals surface area (Å²) in [6, 6.07) is 9.63. The van der Waals surface area contributed by atoms with Gasteiger partial charge in [-0.15, -0.1) is 0 Å². The topological polar surface area (TPSA) is 68.5 Å². The molecule has 6 nitrogen and oxygen atoms in total. The summed E-state index contributed by atoms with van der Waals surface area (Å²) in [6.07, 6.45) is 3.47. The molecule has 0 radical (unpaired) electrons. The van der Waals surface area contributed by atoms with Crippen molar-refractivity contribution in [3.8, 4) is 17.3 Å². The van der Waals surface area contributed by atoms with Gasteiger partial charge in [0.25, 0.3) is 5.95 Å². The lowest BCUT2D eigenvalue weighted by molar-refractivity contribution is 0.800. The Morgan fingerprint density at radius 2 is 2.05 bits per heavy atom. The van der Waals surface area contributed by atoms with Gasteiger partial charge in [-0.25, -0.2) is 4.68 Å². The lowest BCUT2D eigenvalue weighted by Gasteiger charge is -2.07. The molecule has 0 fully saturated rings. The zero-order valence-electron chi connectivity index (χ0n) is 10.7. The molecule has 2 heterocycles. The minimum atomic E-state index is 0.476. The SMILES string of the molecule is CNc1nc(-c2cccc(Br)c2)nc(-n2cccn2)n1. The average Bonchev–Trinajstić information content (AvgIpc) is 3.01. The van der Waals surface area contributed by atoms with Crippen molar-refractivity contribution in [2.75, 3.05) is 12.4 Å². The highest BCUT2D eigenvalue weighted by Crippen LogP contribution is 2.21. The van der Waals surface area contributed by atoms with E-state index in [2.05, 4.69) is 41.3 Å². The number of hydrogen-bond donors (Lipinski definition) is 1. The molecular formula is C13H11BrN6. The highest BCUT2D eigenvalue weighted by molar-refractivity contribution is 9.10. The second kappa shape index (κ2) is 5.38. The summed E-state index contributed by atoms with van der Waals surface area (Å²) >= 11 is 3.45. The van der Waals surface area contributed by atoms with E-state index in [0.29, 0.717) is 17.7 Å². The first-order valence-corrected chi connectivity index (χ1v) is 6.75. The second-order valence-electron chi connectivity index (χ2n) is 3.99. The maximum absolute atomic E-state index is 4.45. The van der Waals surface area contributed by atoms with Crippen LogP contribution in [-0.4, -0.2) is 31.8 Å². The smallest absolute Gasteiger partial charge is 0.255 e. The van der Waals surface area contributed by atoms with E-state index in [1.165, 1.54) is 0 Å². The number of nitrogens with one attached hydrogen (secondary N) is 1. The minimum Gasteiger partial charge on any atom is -0.357 e. The Hall–Kier alpha value is -2.28. The van der Waals surface area contributed by atoms with Crippen molar-refractivity contribution in [1.82, 2.24) is 24.7 Å². The Balaban J connectivity index is 2.14. The molecule has 100 valence electrons. The number of benzene rings is 1. The van der Waals surface area contributed by atoms with Crippen molar-refractivity contribution in [2.24, 2.45) is 0 Å². The molecule has 3 rings (SSSR count). The van der Waals surface area contributed by atoms with Crippen LogP contribution in [0.2, 0.25) is 0 Å². The van der Waals surface area contributed by atoms with Crippen molar-refractivity contribution < 1.29 is 0 Å². The van der Waals surface area contributed by atoms with Crippen LogP contribution in [0.15, 0.2) is 47.2 Å². The average molecular weight is 331 g/mol. The summed E-state index contributed by atoms with van der Waals surface area (Å²) in [5, 5.41) is 7.08. The lowest BCUT2D eigenvalue weighted by atomic mass is 10.2. The van der Waals surface area contributed by atoms with E-state index in [1.807, 2.05) is 30.3 Å². The molecule has 0 amide bonds. The highest BCUT2D eigenvalue weighted by Gasteiger charge is 2.09. The molecule has 20 heavy (non-hydrogen) atoms. The summed E-state index contributed by atoms with van der Waals surface area (Å²) in [4.78, 5) is 13.1. The Labute approximate surface area is 124 Å². The molecule has 0 spiro atoms. The molecule has 2 aromatic heterocycles. The first-order chi connectivity index (χ1) is 9.76. The fourth-order valence-electron chi connectivity index (χ4n) is 1.72. The van der Waals surface area contributed by atoms with E-state index in [0.717, 1.165) is 10.0 Å². The van der Waals surface area contributed by atoms with Gasteiger partial charge in [0.2, 0.25) is 5.95 Å². The Kier molecular flexibility index (Phi) is 3.42. The van der Waals surface area contributed by atoms with Crippen LogP contribution in [0.4, 0.5) is 5.95 Å². The molecule has 1 aromatic carbocycles. The Morgan fingerprint density at radius 1 is 1.15 bits per heavy atom. The predicted molar refractivity (Wildman–Crippen MR) is 79.6 cm³/mol. The van der Waals surface area contributed by atoms with Crippen LogP contribution < -0.4 is 5.32 Å². The molecule has 0 unspecified atom stereocenters. The lowest BCUT2D eigenvalue weighted by Crippen LogP contribution is -2.08. The van der Waals surface area contributed by atoms with Gasteiger partial charge in [0, 0.05) is 29.5 Å². The van der Waals surface area contributed by atoms with Crippen molar-refractivity contribution in [3.63, 3.8) is 0 Å². The number of anilines is 1. The summed E-state index contributed by atoms with van der Waals surface area (Å²) in [7, 11) is 1.77. The number of halogens is 1. The van der Waals surface area contributed by atoms with Crippen LogP contribution in [0.3, 0.4) is 0 Å². The first kappa shape index (κ1) is 12.7. The van der Waals surface area contributed by atoms with Crippen LogP contribution >= 0.6 is 15.9 Å². The molecule has 0 aliphatic heterocycles. The molecule has 1 N–H and O–H groups in total. The van der Waals surface area contributed by atoms with Crippen molar-refractivity contribution in [1.29, 1.82) is 0 Å². The van der Waals surface area contributed by atoms with Crippen LogP contribution in [0.1, 0.15) is 0 Å². The van der Waals surface area contributed by atoms with Gasteiger partial charge in [0.05, 0.1) is 0 Å². The molecule has 0 atom stereocenters. The van der Waals surface area contributed by atoms with Crippen molar-refractivity contribution in [3.05, 3.63) is 47.2 Å². The zero-order chi connectivity index (χ0) is 13.9. The fraction of sp³-hybridized carbons (Fsp3) is 0.0769. The maximum Gasteiger partial charge on any atom is 0.255 e. The predicted octanol–water partition coefficient (Wildman–Crippen LogP) is 2.53. The number of aromatic nitrogens is 5. The van der Waals surface area contributed by atoms with Gasteiger partial charge in [-0.05, 0) is 18.2 Å². The standard InChI is InChI=1S/C13H11BrN6/c1-15-12-17-11(9-4-2-5-10(14)8-9)18-13(19-12)20-7-3-6-16-20/h2-8H,1H3,(H,15,17,18,19). The third-order valence-electron chi connectivity index (χ3n) is 2.64. The van der Waals surface area contributed by atoms with E-state index in [4.69, 9.17) is 0 Å². The van der Waals surface area contributed by atoms with Gasteiger partial charge >= 0.3 is 0 Å². The molecule has 0 bridgehead atoms. The number of hydrogen-bond acceptors (Lipinski definition) is 5. The first-order valence-electron chi connectivity index (χ1n) is 5.96. The molecule has 7 heteroatoms. The normalized spacial score (nSPS) is 10.5. The monoisotopic (exact) mass is 330 g/mol. The largest absolute Gasteiger partial charge is 0.357 e. The van der Waals surface area contributed by atoms with Crippen LogP contribution in [0, 0.1) is 0 Å². The van der Waals surface area contributed by atoms with Crippen LogP contribution in [-0.2, 0) is 0 Å². The second-order valence-corrected chi connectivity index (χ2v) is 4.91. The molecule has 0 aliphatic rings. The van der Waals surface area contributed by atoms with Gasteiger partial charge in [-0.3, -0.25) is 0 Å². The molecule has 0 saturated carbocycles. The van der Waals surface area contributed by atoms with Gasteiger partial charge in [-0.2, -0.15) is 20.1 Å². The Bertz CT molecular complexity index is 725. The summed E-state index contributed by atoms with van der Waals surface area (Å²) in [5.41, 5.74) is 0.909. The van der Waals surface area contributed by atoms with E-state index in [9.17, 15) is 0 Å². The van der Waals surface area contributed by atoms with E-state index in [-0.39, 0.29) is 0 Å². The van der Waals surface area contributed by atoms with Gasteiger partial charge in [0.1, 0.15) is 0 Å². The molecule has 0 saturated heterocycles. The van der Waals surface area contributed by atoms with Crippen LogP contribution in [0.25, 0.3) is 17.3 Å². The fourth-order valence-corrected chi connectivity index (χ4v) is 2.12. The third-order valence-corrected chi connectivity index (χ3v) is 3.13. The van der Waals surface area contributed by atoms with Gasteiger partial charge in [0.15, 0.2) is 5.82 Å². The van der Waals surface area contributed by atoms with Crippen LogP contribution in [0.5, 0.6) is 0 Å². The molecular weight excluding hydrogens is 320 g/mol. The van der Waals surface area contributed by atoms with Crippen molar-refractivity contribution >= 4 is 21.9 Å². The number of nitrogens with zero attached hydrogens (tertiary/aromatic N) is 5. The third kappa shape index (κ3) is 2.53. The van der Waals surface area contributed by atoms with Crippen molar-refractivity contribution in [2.45, 2.75) is 0 Å². The minimum absolute atomic E-state index is 0.476. The number of rotatable bonds is 3. The maximum atomic E-state index is 4.45. The zero-order valence-corrected chi connectivity index (χ0v) is 12.2. The van der Waals surface area contributed by atoms with Gasteiger partial charge in [-0.1, -0.05) is 28.1 Å². The van der Waals surface area contributed by atoms with Gasteiger partial charge < -0.3 is 5.32 Å². The Morgan fingerprint density at radius 3 is 2.75 bits per heavy atom. The highest BCUT2D eigenvalue weighted by atomic mass is 79.9. The molecule has 3 aromatic rings. The summed E-state index contributed by atoms with van der Waals surface area (Å²) < 4.78 is 2.58. The van der Waals surface area contributed by atoms with E-state index < -0.39 is 0 Å². The quantitative estimate of drug-likeness (QED) is 0.799. The molecule has 0 aliphatic carbocycles.